The number of hydrogen-bond acceptors (Lipinski definition) is 7. The monoisotopic (exact) mass is 477 g/mol. The summed E-state index contributed by atoms with van der Waals surface area (Å²) in [4.78, 5) is 13.7. The topological polar surface area (TPSA) is 103 Å². The van der Waals surface area contributed by atoms with Crippen molar-refractivity contribution in [1.82, 2.24) is 19.7 Å². The maximum absolute atomic E-state index is 6.31. The molecule has 4 aromatic rings. The van der Waals surface area contributed by atoms with Gasteiger partial charge in [-0.3, -0.25) is 9.67 Å². The molecule has 0 aliphatic carbocycles. The minimum absolute atomic E-state index is 0.296. The molecule has 0 spiro atoms. The normalized spacial score (nSPS) is 12.4. The van der Waals surface area contributed by atoms with Crippen LogP contribution < -0.4 is 15.8 Å². The largest absolute Gasteiger partial charge is 0.496 e. The van der Waals surface area contributed by atoms with Gasteiger partial charge in [0.15, 0.2) is 11.6 Å². The van der Waals surface area contributed by atoms with Gasteiger partial charge < -0.3 is 15.8 Å². The van der Waals surface area contributed by atoms with E-state index in [2.05, 4.69) is 45.9 Å². The first-order chi connectivity index (χ1) is 17.5. The van der Waals surface area contributed by atoms with Crippen molar-refractivity contribution in [1.29, 1.82) is 0 Å². The van der Waals surface area contributed by atoms with Crippen LogP contribution in [0.2, 0.25) is 0 Å². The van der Waals surface area contributed by atoms with Gasteiger partial charge in [0.25, 0.3) is 0 Å². The zero-order chi connectivity index (χ0) is 25.1. The number of methoxy groups -OCH3 is 1. The number of nitrogens with zero attached hydrogens (tertiary/aromatic N) is 5. The molecule has 36 heavy (non-hydrogen) atoms. The highest BCUT2D eigenvalue weighted by atomic mass is 16.5. The van der Waals surface area contributed by atoms with Crippen LogP contribution in [0.5, 0.6) is 5.75 Å². The van der Waals surface area contributed by atoms with Gasteiger partial charge in [0, 0.05) is 11.3 Å². The van der Waals surface area contributed by atoms with E-state index in [1.165, 1.54) is 11.1 Å². The summed E-state index contributed by atoms with van der Waals surface area (Å²) in [6.45, 7) is 7.50. The highest BCUT2D eigenvalue weighted by Crippen LogP contribution is 2.28. The Kier molecular flexibility index (Phi) is 6.32. The Morgan fingerprint density at radius 1 is 1.17 bits per heavy atom. The zero-order valence-corrected chi connectivity index (χ0v) is 20.3. The second-order valence-electron chi connectivity index (χ2n) is 8.42. The first-order valence-electron chi connectivity index (χ1n) is 11.6. The zero-order valence-electron chi connectivity index (χ0n) is 20.3. The number of aromatic nitrogens is 4. The SMILES string of the molecule is C=C(Nc1cnc(-c2cc(C3=NCC=C3)n(Cc3ccccc3C)n2)nc1N)c1ccccc1OC. The lowest BCUT2D eigenvalue weighted by molar-refractivity contribution is 0.413. The summed E-state index contributed by atoms with van der Waals surface area (Å²) in [6, 6.07) is 17.9. The fourth-order valence-corrected chi connectivity index (χ4v) is 4.07. The van der Waals surface area contributed by atoms with Crippen LogP contribution in [-0.2, 0) is 6.54 Å². The Hall–Kier alpha value is -4.72. The third-order valence-corrected chi connectivity index (χ3v) is 6.03. The number of aliphatic imine (C=N–C) groups is 1. The Morgan fingerprint density at radius 3 is 2.72 bits per heavy atom. The second-order valence-corrected chi connectivity index (χ2v) is 8.42. The number of aryl methyl sites for hydroxylation is 1. The summed E-state index contributed by atoms with van der Waals surface area (Å²) >= 11 is 0. The van der Waals surface area contributed by atoms with Crippen molar-refractivity contribution < 1.29 is 4.74 Å². The molecule has 0 unspecified atom stereocenters. The third kappa shape index (κ3) is 4.61. The van der Waals surface area contributed by atoms with E-state index in [0.29, 0.717) is 47.6 Å². The molecule has 0 atom stereocenters. The lowest BCUT2D eigenvalue weighted by Crippen LogP contribution is -2.11. The molecule has 2 aromatic carbocycles. The van der Waals surface area contributed by atoms with E-state index in [1.54, 1.807) is 13.3 Å². The molecule has 180 valence electrons. The number of para-hydroxylation sites is 1. The van der Waals surface area contributed by atoms with Crippen molar-refractivity contribution in [2.24, 2.45) is 4.99 Å². The molecule has 0 amide bonds. The molecule has 8 nitrogen and oxygen atoms in total. The summed E-state index contributed by atoms with van der Waals surface area (Å²) in [5.41, 5.74) is 13.1. The van der Waals surface area contributed by atoms with Gasteiger partial charge in [-0.2, -0.15) is 5.10 Å². The minimum Gasteiger partial charge on any atom is -0.496 e. The molecule has 3 N–H and O–H groups in total. The van der Waals surface area contributed by atoms with E-state index in [-0.39, 0.29) is 0 Å². The van der Waals surface area contributed by atoms with Crippen molar-refractivity contribution in [2.75, 3.05) is 24.7 Å². The predicted octanol–water partition coefficient (Wildman–Crippen LogP) is 4.73. The van der Waals surface area contributed by atoms with Crippen molar-refractivity contribution in [3.05, 3.63) is 102 Å². The second kappa shape index (κ2) is 9.87. The Labute approximate surface area is 209 Å². The number of rotatable bonds is 8. The average molecular weight is 478 g/mol. The summed E-state index contributed by atoms with van der Waals surface area (Å²) in [5.74, 6) is 1.44. The van der Waals surface area contributed by atoms with Crippen LogP contribution >= 0.6 is 0 Å². The van der Waals surface area contributed by atoms with Crippen LogP contribution in [0.4, 0.5) is 11.5 Å². The molecule has 0 bridgehead atoms. The molecule has 0 fully saturated rings. The number of nitrogens with two attached hydrogens (primary N) is 1. The Bertz CT molecular complexity index is 1500. The van der Waals surface area contributed by atoms with E-state index >= 15 is 0 Å². The molecule has 0 radical (unpaired) electrons. The molecule has 0 saturated heterocycles. The van der Waals surface area contributed by atoms with E-state index < -0.39 is 0 Å². The summed E-state index contributed by atoms with van der Waals surface area (Å²) in [5, 5.41) is 8.03. The minimum atomic E-state index is 0.296. The van der Waals surface area contributed by atoms with E-state index in [4.69, 9.17) is 15.6 Å². The number of benzene rings is 2. The number of nitrogen functional groups attached to an aromatic ring is 1. The van der Waals surface area contributed by atoms with Crippen molar-refractivity contribution in [3.63, 3.8) is 0 Å². The van der Waals surface area contributed by atoms with Crippen LogP contribution in [0.3, 0.4) is 0 Å². The summed E-state index contributed by atoms with van der Waals surface area (Å²) in [6.07, 6.45) is 5.69. The van der Waals surface area contributed by atoms with Gasteiger partial charge in [-0.25, -0.2) is 9.97 Å². The molecular formula is C28H27N7O. The van der Waals surface area contributed by atoms with E-state index in [9.17, 15) is 0 Å². The van der Waals surface area contributed by atoms with Gasteiger partial charge in [0.1, 0.15) is 11.4 Å². The van der Waals surface area contributed by atoms with Crippen LogP contribution in [0.25, 0.3) is 17.2 Å². The van der Waals surface area contributed by atoms with Crippen LogP contribution in [-0.4, -0.2) is 39.1 Å². The lowest BCUT2D eigenvalue weighted by Gasteiger charge is -2.14. The maximum atomic E-state index is 6.31. The first kappa shape index (κ1) is 23.0. The van der Waals surface area contributed by atoms with Gasteiger partial charge >= 0.3 is 0 Å². The fraction of sp³-hybridized carbons (Fsp3) is 0.143. The summed E-state index contributed by atoms with van der Waals surface area (Å²) < 4.78 is 7.37. The quantitative estimate of drug-likeness (QED) is 0.380. The van der Waals surface area contributed by atoms with E-state index in [1.807, 2.05) is 59.3 Å². The number of allylic oxidation sites excluding steroid dienone is 1. The van der Waals surface area contributed by atoms with Gasteiger partial charge in [-0.1, -0.05) is 49.1 Å². The smallest absolute Gasteiger partial charge is 0.182 e. The van der Waals surface area contributed by atoms with Crippen molar-refractivity contribution in [3.8, 4) is 17.3 Å². The van der Waals surface area contributed by atoms with Crippen molar-refractivity contribution >= 4 is 22.9 Å². The van der Waals surface area contributed by atoms with Gasteiger partial charge in [0.05, 0.1) is 43.5 Å². The number of nitrogens with one attached hydrogen (secondary N) is 1. The molecule has 5 rings (SSSR count). The van der Waals surface area contributed by atoms with Crippen LogP contribution in [0.1, 0.15) is 22.4 Å². The molecule has 2 aromatic heterocycles. The molecule has 1 aliphatic rings. The highest BCUT2D eigenvalue weighted by Gasteiger charge is 2.18. The molecule has 8 heteroatoms. The lowest BCUT2D eigenvalue weighted by atomic mass is 10.1. The molecule has 1 aliphatic heterocycles. The number of ether oxygens (including phenoxy) is 1. The van der Waals surface area contributed by atoms with Crippen molar-refractivity contribution in [2.45, 2.75) is 13.5 Å². The van der Waals surface area contributed by atoms with E-state index in [0.717, 1.165) is 17.0 Å². The van der Waals surface area contributed by atoms with Gasteiger partial charge in [0.2, 0.25) is 0 Å². The van der Waals surface area contributed by atoms with Crippen LogP contribution in [0, 0.1) is 6.92 Å². The summed E-state index contributed by atoms with van der Waals surface area (Å²) in [7, 11) is 1.62. The fourth-order valence-electron chi connectivity index (χ4n) is 4.07. The number of anilines is 2. The Balaban J connectivity index is 1.44. The number of hydrogen-bond donors (Lipinski definition) is 2. The Morgan fingerprint density at radius 2 is 1.97 bits per heavy atom. The molecular weight excluding hydrogens is 450 g/mol. The van der Waals surface area contributed by atoms with Crippen LogP contribution in [0.15, 0.2) is 84.5 Å². The maximum Gasteiger partial charge on any atom is 0.182 e. The van der Waals surface area contributed by atoms with Gasteiger partial charge in [-0.05, 0) is 42.3 Å². The van der Waals surface area contributed by atoms with Gasteiger partial charge in [-0.15, -0.1) is 0 Å². The highest BCUT2D eigenvalue weighted by molar-refractivity contribution is 6.09. The molecule has 0 saturated carbocycles. The molecule has 3 heterocycles. The first-order valence-corrected chi connectivity index (χ1v) is 11.6. The predicted molar refractivity (Wildman–Crippen MR) is 144 cm³/mol. The average Bonchev–Trinajstić information content (AvgIpc) is 3.57. The standard InChI is InChI=1S/C28H27N7O/c1-18-9-4-5-10-20(18)17-35-25(22-12-8-14-30-22)15-23(34-35)28-31-16-24(27(29)33-28)32-19(2)21-11-6-7-13-26(21)36-3/h4-13,15-16,32H,2,14,17H2,1,3H3,(H2,29,31,33). The third-order valence-electron chi connectivity index (χ3n) is 6.03.